The molecule has 0 saturated carbocycles. The van der Waals surface area contributed by atoms with Crippen LogP contribution >= 0.6 is 0 Å². The number of aliphatic hydroxyl groups is 1. The van der Waals surface area contributed by atoms with E-state index in [0.717, 1.165) is 0 Å². The molecular weight excluding hydrogens is 278 g/mol. The Balaban J connectivity index is 2.20. The fourth-order valence-electron chi connectivity index (χ4n) is 2.57. The van der Waals surface area contributed by atoms with Crippen molar-refractivity contribution in [2.75, 3.05) is 20.2 Å². The first-order valence-electron chi connectivity index (χ1n) is 6.78. The van der Waals surface area contributed by atoms with Gasteiger partial charge in [0.1, 0.15) is 10.6 Å². The van der Waals surface area contributed by atoms with Crippen LogP contribution in [0.1, 0.15) is 19.8 Å². The first kappa shape index (κ1) is 15.3. The molecule has 1 saturated heterocycles. The van der Waals surface area contributed by atoms with Crippen LogP contribution in [0.3, 0.4) is 0 Å². The topological polar surface area (TPSA) is 66.8 Å². The zero-order chi connectivity index (χ0) is 14.8. The smallest absolute Gasteiger partial charge is 0.246 e. The van der Waals surface area contributed by atoms with E-state index in [4.69, 9.17) is 4.74 Å². The van der Waals surface area contributed by atoms with Crippen LogP contribution in [0.2, 0.25) is 0 Å². The van der Waals surface area contributed by atoms with Gasteiger partial charge >= 0.3 is 0 Å². The molecule has 1 aliphatic rings. The third-order valence-corrected chi connectivity index (χ3v) is 5.81. The largest absolute Gasteiger partial charge is 0.495 e. The second kappa shape index (κ2) is 6.11. The Morgan fingerprint density at radius 2 is 1.90 bits per heavy atom. The minimum Gasteiger partial charge on any atom is -0.495 e. The van der Waals surface area contributed by atoms with Gasteiger partial charge in [-0.1, -0.05) is 12.1 Å². The Morgan fingerprint density at radius 3 is 2.45 bits per heavy atom. The summed E-state index contributed by atoms with van der Waals surface area (Å²) < 4.78 is 31.9. The zero-order valence-corrected chi connectivity index (χ0v) is 12.6. The molecule has 112 valence electrons. The lowest BCUT2D eigenvalue weighted by Gasteiger charge is -2.32. The molecule has 1 N–H and O–H groups in total. The molecule has 1 aromatic carbocycles. The van der Waals surface area contributed by atoms with Gasteiger partial charge in [-0.3, -0.25) is 0 Å². The standard InChI is InChI=1S/C14H21NO4S/c1-11(16)12-7-9-15(10-8-12)20(17,18)14-6-4-3-5-13(14)19-2/h3-6,11-12,16H,7-10H2,1-2H3. The van der Waals surface area contributed by atoms with Crippen LogP contribution < -0.4 is 4.74 Å². The van der Waals surface area contributed by atoms with E-state index in [1.54, 1.807) is 31.2 Å². The lowest BCUT2D eigenvalue weighted by molar-refractivity contribution is 0.0911. The molecule has 1 heterocycles. The highest BCUT2D eigenvalue weighted by molar-refractivity contribution is 7.89. The van der Waals surface area contributed by atoms with E-state index in [0.29, 0.717) is 31.7 Å². The SMILES string of the molecule is COc1ccccc1S(=O)(=O)N1CCC(C(C)O)CC1. The Hall–Kier alpha value is -1.11. The number of piperidine rings is 1. The summed E-state index contributed by atoms with van der Waals surface area (Å²) in [5.74, 6) is 0.546. The van der Waals surface area contributed by atoms with Crippen LogP contribution in [0.15, 0.2) is 29.2 Å². The molecular formula is C14H21NO4S. The van der Waals surface area contributed by atoms with Gasteiger partial charge in [-0.05, 0) is 37.8 Å². The Kier molecular flexibility index (Phi) is 4.67. The van der Waals surface area contributed by atoms with E-state index in [2.05, 4.69) is 0 Å². The maximum Gasteiger partial charge on any atom is 0.246 e. The molecule has 6 heteroatoms. The number of hydrogen-bond acceptors (Lipinski definition) is 4. The van der Waals surface area contributed by atoms with Gasteiger partial charge in [0, 0.05) is 13.1 Å². The number of benzene rings is 1. The van der Waals surface area contributed by atoms with Crippen LogP contribution in [0.25, 0.3) is 0 Å². The molecule has 1 atom stereocenters. The third kappa shape index (κ3) is 2.97. The van der Waals surface area contributed by atoms with Crippen molar-refractivity contribution >= 4 is 10.0 Å². The van der Waals surface area contributed by atoms with Gasteiger partial charge in [0.15, 0.2) is 0 Å². The molecule has 0 amide bonds. The molecule has 20 heavy (non-hydrogen) atoms. The first-order chi connectivity index (χ1) is 9.46. The van der Waals surface area contributed by atoms with Crippen molar-refractivity contribution < 1.29 is 18.3 Å². The lowest BCUT2D eigenvalue weighted by atomic mass is 9.93. The summed E-state index contributed by atoms with van der Waals surface area (Å²) in [7, 11) is -2.06. The normalized spacial score (nSPS) is 19.8. The van der Waals surface area contributed by atoms with E-state index < -0.39 is 10.0 Å². The zero-order valence-electron chi connectivity index (χ0n) is 11.8. The Labute approximate surface area is 120 Å². The fraction of sp³-hybridized carbons (Fsp3) is 0.571. The maximum atomic E-state index is 12.6. The monoisotopic (exact) mass is 299 g/mol. The van der Waals surface area contributed by atoms with Gasteiger partial charge in [-0.15, -0.1) is 0 Å². The number of nitrogens with zero attached hydrogens (tertiary/aromatic N) is 1. The summed E-state index contributed by atoms with van der Waals surface area (Å²) in [4.78, 5) is 0.206. The summed E-state index contributed by atoms with van der Waals surface area (Å²) in [5, 5.41) is 9.58. The van der Waals surface area contributed by atoms with Crippen LogP contribution in [0, 0.1) is 5.92 Å². The maximum absolute atomic E-state index is 12.6. The second-order valence-corrected chi connectivity index (χ2v) is 7.04. The van der Waals surface area contributed by atoms with Crippen molar-refractivity contribution in [3.05, 3.63) is 24.3 Å². The van der Waals surface area contributed by atoms with E-state index in [1.807, 2.05) is 0 Å². The van der Waals surface area contributed by atoms with E-state index in [-0.39, 0.29) is 16.9 Å². The molecule has 5 nitrogen and oxygen atoms in total. The summed E-state index contributed by atoms with van der Waals surface area (Å²) in [6.45, 7) is 2.64. The van der Waals surface area contributed by atoms with Gasteiger partial charge in [-0.2, -0.15) is 4.31 Å². The predicted octanol–water partition coefficient (Wildman–Crippen LogP) is 1.48. The van der Waals surface area contributed by atoms with Crippen molar-refractivity contribution in [1.29, 1.82) is 0 Å². The van der Waals surface area contributed by atoms with Crippen LogP contribution in [0.5, 0.6) is 5.75 Å². The first-order valence-corrected chi connectivity index (χ1v) is 8.22. The lowest BCUT2D eigenvalue weighted by Crippen LogP contribution is -2.40. The van der Waals surface area contributed by atoms with Crippen molar-refractivity contribution in [1.82, 2.24) is 4.31 Å². The molecule has 1 aromatic rings. The van der Waals surface area contributed by atoms with Gasteiger partial charge in [0.2, 0.25) is 10.0 Å². The minimum atomic E-state index is -3.53. The number of para-hydroxylation sites is 1. The molecule has 0 radical (unpaired) electrons. The number of aliphatic hydroxyl groups excluding tert-OH is 1. The highest BCUT2D eigenvalue weighted by atomic mass is 32.2. The number of sulfonamides is 1. The van der Waals surface area contributed by atoms with Crippen molar-refractivity contribution in [2.24, 2.45) is 5.92 Å². The van der Waals surface area contributed by atoms with Crippen molar-refractivity contribution in [3.8, 4) is 5.75 Å². The summed E-state index contributed by atoms with van der Waals surface area (Å²) in [5.41, 5.74) is 0. The summed E-state index contributed by atoms with van der Waals surface area (Å²) >= 11 is 0. The molecule has 0 aromatic heterocycles. The quantitative estimate of drug-likeness (QED) is 0.914. The minimum absolute atomic E-state index is 0.180. The van der Waals surface area contributed by atoms with E-state index >= 15 is 0 Å². The van der Waals surface area contributed by atoms with Gasteiger partial charge < -0.3 is 9.84 Å². The summed E-state index contributed by atoms with van der Waals surface area (Å²) in [6.07, 6.45) is 0.990. The molecule has 1 unspecified atom stereocenters. The third-order valence-electron chi connectivity index (χ3n) is 3.87. The number of hydrogen-bond donors (Lipinski definition) is 1. The molecule has 0 bridgehead atoms. The van der Waals surface area contributed by atoms with Gasteiger partial charge in [-0.25, -0.2) is 8.42 Å². The predicted molar refractivity (Wildman–Crippen MR) is 76.2 cm³/mol. The Morgan fingerprint density at radius 1 is 1.30 bits per heavy atom. The van der Waals surface area contributed by atoms with E-state index in [1.165, 1.54) is 11.4 Å². The highest BCUT2D eigenvalue weighted by Crippen LogP contribution is 2.30. The Bertz CT molecular complexity index is 548. The molecule has 2 rings (SSSR count). The number of ether oxygens (including phenoxy) is 1. The molecule has 1 fully saturated rings. The molecule has 0 spiro atoms. The molecule has 0 aliphatic carbocycles. The highest BCUT2D eigenvalue weighted by Gasteiger charge is 2.32. The van der Waals surface area contributed by atoms with Gasteiger partial charge in [0.25, 0.3) is 0 Å². The average molecular weight is 299 g/mol. The van der Waals surface area contributed by atoms with Crippen molar-refractivity contribution in [3.63, 3.8) is 0 Å². The van der Waals surface area contributed by atoms with Crippen LogP contribution in [-0.4, -0.2) is 44.1 Å². The summed E-state index contributed by atoms with van der Waals surface area (Å²) in [6, 6.07) is 6.65. The fourth-order valence-corrected chi connectivity index (χ4v) is 4.20. The second-order valence-electron chi connectivity index (χ2n) is 5.13. The average Bonchev–Trinajstić information content (AvgIpc) is 2.47. The van der Waals surface area contributed by atoms with E-state index in [9.17, 15) is 13.5 Å². The van der Waals surface area contributed by atoms with Crippen LogP contribution in [-0.2, 0) is 10.0 Å². The molecule has 1 aliphatic heterocycles. The number of rotatable bonds is 4. The van der Waals surface area contributed by atoms with Crippen LogP contribution in [0.4, 0.5) is 0 Å². The number of methoxy groups -OCH3 is 1. The van der Waals surface area contributed by atoms with Gasteiger partial charge in [0.05, 0.1) is 13.2 Å². The van der Waals surface area contributed by atoms with Crippen molar-refractivity contribution in [2.45, 2.75) is 30.8 Å².